The van der Waals surface area contributed by atoms with Gasteiger partial charge in [0.15, 0.2) is 0 Å². The molecule has 1 heterocycles. The first-order valence-corrected chi connectivity index (χ1v) is 5.52. The van der Waals surface area contributed by atoms with Gasteiger partial charge >= 0.3 is 0 Å². The number of aliphatic hydroxyl groups excluding tert-OH is 1. The number of aliphatic hydroxyl groups is 1. The average Bonchev–Trinajstić information content (AvgIpc) is 2.60. The largest absolute Gasteiger partial charge is 0.395 e. The second-order valence-electron chi connectivity index (χ2n) is 3.78. The van der Waals surface area contributed by atoms with Gasteiger partial charge in [-0.2, -0.15) is 0 Å². The summed E-state index contributed by atoms with van der Waals surface area (Å²) in [6, 6.07) is 6.82. The molecule has 2 amide bonds. The maximum Gasteiger partial charge on any atom is 0.261 e. The number of benzene rings is 1. The van der Waals surface area contributed by atoms with E-state index in [9.17, 15) is 9.59 Å². The third kappa shape index (κ3) is 2.20. The van der Waals surface area contributed by atoms with Gasteiger partial charge in [0.25, 0.3) is 11.8 Å². The zero-order chi connectivity index (χ0) is 12.3. The van der Waals surface area contributed by atoms with Crippen molar-refractivity contribution in [2.24, 2.45) is 0 Å². The van der Waals surface area contributed by atoms with Gasteiger partial charge in [-0.25, -0.2) is 0 Å². The molecule has 1 aromatic rings. The number of rotatable bonds is 5. The Morgan fingerprint density at radius 1 is 1.06 bits per heavy atom. The normalized spacial score (nSPS) is 14.3. The van der Waals surface area contributed by atoms with Crippen molar-refractivity contribution in [2.45, 2.75) is 0 Å². The summed E-state index contributed by atoms with van der Waals surface area (Å²) in [4.78, 5) is 25.0. The molecule has 1 aliphatic heterocycles. The fourth-order valence-electron chi connectivity index (χ4n) is 1.84. The van der Waals surface area contributed by atoms with Crippen molar-refractivity contribution in [3.05, 3.63) is 35.4 Å². The first kappa shape index (κ1) is 11.8. The quantitative estimate of drug-likeness (QED) is 0.550. The maximum atomic E-state index is 11.9. The van der Waals surface area contributed by atoms with Crippen molar-refractivity contribution < 1.29 is 14.7 Å². The van der Waals surface area contributed by atoms with Gasteiger partial charge in [-0.1, -0.05) is 12.1 Å². The van der Waals surface area contributed by atoms with Gasteiger partial charge in [-0.05, 0) is 12.1 Å². The summed E-state index contributed by atoms with van der Waals surface area (Å²) in [7, 11) is 0. The minimum Gasteiger partial charge on any atom is -0.395 e. The molecule has 90 valence electrons. The molecule has 0 aliphatic carbocycles. The molecule has 0 saturated heterocycles. The number of imide groups is 1. The van der Waals surface area contributed by atoms with Gasteiger partial charge in [0.05, 0.1) is 17.7 Å². The lowest BCUT2D eigenvalue weighted by Gasteiger charge is -2.13. The molecule has 2 N–H and O–H groups in total. The molecule has 2 rings (SSSR count). The number of amides is 2. The predicted octanol–water partition coefficient (Wildman–Crippen LogP) is -0.135. The van der Waals surface area contributed by atoms with E-state index in [1.165, 1.54) is 4.90 Å². The average molecular weight is 234 g/mol. The van der Waals surface area contributed by atoms with Gasteiger partial charge < -0.3 is 10.4 Å². The molecule has 0 spiro atoms. The van der Waals surface area contributed by atoms with Crippen molar-refractivity contribution in [1.29, 1.82) is 0 Å². The highest BCUT2D eigenvalue weighted by atomic mass is 16.3. The number of hydrogen-bond acceptors (Lipinski definition) is 4. The summed E-state index contributed by atoms with van der Waals surface area (Å²) in [6.07, 6.45) is 0. The summed E-state index contributed by atoms with van der Waals surface area (Å²) in [5.41, 5.74) is 0.944. The molecule has 1 aromatic carbocycles. The highest BCUT2D eigenvalue weighted by Crippen LogP contribution is 2.21. The summed E-state index contributed by atoms with van der Waals surface area (Å²) >= 11 is 0. The van der Waals surface area contributed by atoms with Gasteiger partial charge in [0, 0.05) is 19.6 Å². The summed E-state index contributed by atoms with van der Waals surface area (Å²) in [6.45, 7) is 1.32. The molecule has 5 nitrogen and oxygen atoms in total. The minimum absolute atomic E-state index is 0.0438. The molecule has 5 heteroatoms. The van der Waals surface area contributed by atoms with Gasteiger partial charge in [0.1, 0.15) is 0 Å². The van der Waals surface area contributed by atoms with Gasteiger partial charge in [-0.3, -0.25) is 14.5 Å². The Morgan fingerprint density at radius 3 is 2.18 bits per heavy atom. The molecule has 0 fully saturated rings. The van der Waals surface area contributed by atoms with Crippen LogP contribution in [0.2, 0.25) is 0 Å². The third-order valence-electron chi connectivity index (χ3n) is 2.68. The highest BCUT2D eigenvalue weighted by molar-refractivity contribution is 6.21. The van der Waals surface area contributed by atoms with Crippen molar-refractivity contribution in [2.75, 3.05) is 26.2 Å². The van der Waals surface area contributed by atoms with E-state index in [-0.39, 0.29) is 18.4 Å². The lowest BCUT2D eigenvalue weighted by atomic mass is 10.1. The monoisotopic (exact) mass is 234 g/mol. The van der Waals surface area contributed by atoms with E-state index in [0.29, 0.717) is 30.8 Å². The van der Waals surface area contributed by atoms with E-state index in [1.54, 1.807) is 24.3 Å². The Kier molecular flexibility index (Phi) is 3.51. The van der Waals surface area contributed by atoms with Crippen LogP contribution in [-0.4, -0.2) is 48.1 Å². The van der Waals surface area contributed by atoms with Crippen molar-refractivity contribution in [3.8, 4) is 0 Å². The van der Waals surface area contributed by atoms with E-state index in [4.69, 9.17) is 5.11 Å². The SMILES string of the molecule is O=C1c2ccccc2C(=O)N1CCNCCO. The molecular formula is C12H14N2O3. The zero-order valence-electron chi connectivity index (χ0n) is 9.35. The zero-order valence-corrected chi connectivity index (χ0v) is 9.35. The maximum absolute atomic E-state index is 11.9. The molecule has 1 aliphatic rings. The number of nitrogens with zero attached hydrogens (tertiary/aromatic N) is 1. The van der Waals surface area contributed by atoms with Crippen LogP contribution in [0.4, 0.5) is 0 Å². The van der Waals surface area contributed by atoms with Crippen LogP contribution in [0, 0.1) is 0 Å². The van der Waals surface area contributed by atoms with E-state index < -0.39 is 0 Å². The standard InChI is InChI=1S/C12H14N2O3/c15-8-6-13-5-7-14-11(16)9-3-1-2-4-10(9)12(14)17/h1-4,13,15H,5-8H2. The van der Waals surface area contributed by atoms with Crippen LogP contribution in [0.15, 0.2) is 24.3 Å². The van der Waals surface area contributed by atoms with Crippen LogP contribution in [0.1, 0.15) is 20.7 Å². The molecular weight excluding hydrogens is 220 g/mol. The Morgan fingerprint density at radius 2 is 1.65 bits per heavy atom. The van der Waals surface area contributed by atoms with Gasteiger partial charge in [0.2, 0.25) is 0 Å². The molecule has 0 aromatic heterocycles. The van der Waals surface area contributed by atoms with E-state index >= 15 is 0 Å². The lowest BCUT2D eigenvalue weighted by molar-refractivity contribution is 0.0655. The highest BCUT2D eigenvalue weighted by Gasteiger charge is 2.34. The van der Waals surface area contributed by atoms with Crippen LogP contribution >= 0.6 is 0 Å². The second-order valence-corrected chi connectivity index (χ2v) is 3.78. The van der Waals surface area contributed by atoms with E-state index in [0.717, 1.165) is 0 Å². The predicted molar refractivity (Wildman–Crippen MR) is 61.8 cm³/mol. The fraction of sp³-hybridized carbons (Fsp3) is 0.333. The molecule has 0 unspecified atom stereocenters. The third-order valence-corrected chi connectivity index (χ3v) is 2.68. The number of hydrogen-bond donors (Lipinski definition) is 2. The molecule has 0 radical (unpaired) electrons. The van der Waals surface area contributed by atoms with Crippen LogP contribution in [0.25, 0.3) is 0 Å². The number of carbonyl (C=O) groups is 2. The number of carbonyl (C=O) groups excluding carboxylic acids is 2. The van der Waals surface area contributed by atoms with Crippen molar-refractivity contribution >= 4 is 11.8 Å². The van der Waals surface area contributed by atoms with Crippen LogP contribution < -0.4 is 5.32 Å². The van der Waals surface area contributed by atoms with E-state index in [2.05, 4.69) is 5.32 Å². The molecule has 0 atom stereocenters. The summed E-state index contributed by atoms with van der Waals surface area (Å²) in [5, 5.41) is 11.5. The Balaban J connectivity index is 2.03. The van der Waals surface area contributed by atoms with Crippen molar-refractivity contribution in [3.63, 3.8) is 0 Å². The second kappa shape index (κ2) is 5.07. The number of fused-ring (bicyclic) bond motifs is 1. The topological polar surface area (TPSA) is 69.6 Å². The van der Waals surface area contributed by atoms with Crippen LogP contribution in [0.3, 0.4) is 0 Å². The Hall–Kier alpha value is -1.72. The minimum atomic E-state index is -0.239. The fourth-order valence-corrected chi connectivity index (χ4v) is 1.84. The lowest BCUT2D eigenvalue weighted by Crippen LogP contribution is -2.36. The Bertz CT molecular complexity index is 410. The van der Waals surface area contributed by atoms with Crippen LogP contribution in [0.5, 0.6) is 0 Å². The molecule has 0 bridgehead atoms. The first-order chi connectivity index (χ1) is 8.25. The Labute approximate surface area is 99.0 Å². The summed E-state index contributed by atoms with van der Waals surface area (Å²) < 4.78 is 0. The molecule has 0 saturated carbocycles. The first-order valence-electron chi connectivity index (χ1n) is 5.52. The number of nitrogens with one attached hydrogen (secondary N) is 1. The van der Waals surface area contributed by atoms with Crippen LogP contribution in [-0.2, 0) is 0 Å². The van der Waals surface area contributed by atoms with Crippen molar-refractivity contribution in [1.82, 2.24) is 10.2 Å². The molecule has 17 heavy (non-hydrogen) atoms. The smallest absolute Gasteiger partial charge is 0.261 e. The summed E-state index contributed by atoms with van der Waals surface area (Å²) in [5.74, 6) is -0.479. The van der Waals surface area contributed by atoms with E-state index in [1.807, 2.05) is 0 Å². The van der Waals surface area contributed by atoms with Gasteiger partial charge in [-0.15, -0.1) is 0 Å².